The molecule has 0 bridgehead atoms. The molecule has 0 aliphatic rings. The summed E-state index contributed by atoms with van der Waals surface area (Å²) in [4.78, 5) is 12.0. The van der Waals surface area contributed by atoms with Crippen molar-refractivity contribution in [2.45, 2.75) is 6.92 Å². The average Bonchev–Trinajstić information content (AvgIpc) is 3.02. The Morgan fingerprint density at radius 1 is 1.16 bits per heavy atom. The molecule has 3 heterocycles. The predicted molar refractivity (Wildman–Crippen MR) is 73.8 cm³/mol. The molecule has 3 aromatic heterocycles. The average molecular weight is 249 g/mol. The van der Waals surface area contributed by atoms with Gasteiger partial charge in [-0.15, -0.1) is 0 Å². The summed E-state index contributed by atoms with van der Waals surface area (Å²) in [6.07, 6.45) is 1.76. The fourth-order valence-corrected chi connectivity index (χ4v) is 2.25. The van der Waals surface area contributed by atoms with Crippen LogP contribution in [0.2, 0.25) is 0 Å². The number of nitrogens with one attached hydrogen (secondary N) is 1. The Morgan fingerprint density at radius 3 is 2.89 bits per heavy atom. The minimum absolute atomic E-state index is 0.716. The van der Waals surface area contributed by atoms with E-state index in [1.54, 1.807) is 6.20 Å². The Kier molecular flexibility index (Phi) is 2.00. The molecule has 0 unspecified atom stereocenters. The summed E-state index contributed by atoms with van der Waals surface area (Å²) in [6.45, 7) is 2.03. The number of furan rings is 1. The van der Waals surface area contributed by atoms with Gasteiger partial charge in [-0.1, -0.05) is 18.2 Å². The van der Waals surface area contributed by atoms with Crippen molar-refractivity contribution < 1.29 is 4.42 Å². The normalized spacial score (nSPS) is 11.4. The third-order valence-corrected chi connectivity index (χ3v) is 3.26. The molecule has 0 atom stereocenters. The third kappa shape index (κ3) is 1.53. The topological polar surface area (TPSA) is 54.7 Å². The number of aromatic nitrogens is 3. The molecular weight excluding hydrogens is 238 g/mol. The van der Waals surface area contributed by atoms with E-state index in [0.717, 1.165) is 33.5 Å². The molecule has 1 aromatic carbocycles. The standard InChI is InChI=1S/C15H11N3O/c1-9-6-7-16-15-13(9)17-14(18-15)12-8-10-4-2-3-5-11(10)19-12/h2-8H,1H3,(H,16,17,18). The number of aryl methyl sites for hydroxylation is 1. The van der Waals surface area contributed by atoms with Gasteiger partial charge < -0.3 is 9.40 Å². The Hall–Kier alpha value is -2.62. The fourth-order valence-electron chi connectivity index (χ4n) is 2.25. The zero-order valence-corrected chi connectivity index (χ0v) is 10.3. The molecule has 0 fully saturated rings. The van der Waals surface area contributed by atoms with E-state index in [1.165, 1.54) is 0 Å². The maximum atomic E-state index is 5.80. The van der Waals surface area contributed by atoms with E-state index in [2.05, 4.69) is 15.0 Å². The third-order valence-electron chi connectivity index (χ3n) is 3.26. The van der Waals surface area contributed by atoms with Gasteiger partial charge in [-0.25, -0.2) is 9.97 Å². The molecule has 4 rings (SSSR count). The molecule has 0 aliphatic heterocycles. The molecular formula is C15H11N3O. The van der Waals surface area contributed by atoms with Crippen molar-refractivity contribution in [3.8, 4) is 11.6 Å². The van der Waals surface area contributed by atoms with Crippen LogP contribution in [-0.2, 0) is 0 Å². The summed E-state index contributed by atoms with van der Waals surface area (Å²) in [5.74, 6) is 1.45. The van der Waals surface area contributed by atoms with E-state index in [4.69, 9.17) is 4.42 Å². The molecule has 92 valence electrons. The number of hydrogen-bond donors (Lipinski definition) is 1. The van der Waals surface area contributed by atoms with Crippen LogP contribution in [-0.4, -0.2) is 15.0 Å². The first-order valence-corrected chi connectivity index (χ1v) is 6.11. The van der Waals surface area contributed by atoms with Crippen molar-refractivity contribution in [3.05, 3.63) is 48.2 Å². The molecule has 4 heteroatoms. The number of H-pyrrole nitrogens is 1. The van der Waals surface area contributed by atoms with Gasteiger partial charge in [0.2, 0.25) is 0 Å². The molecule has 4 aromatic rings. The second-order valence-corrected chi connectivity index (χ2v) is 4.56. The molecule has 0 spiro atoms. The molecule has 0 amide bonds. The van der Waals surface area contributed by atoms with Crippen molar-refractivity contribution in [2.75, 3.05) is 0 Å². The van der Waals surface area contributed by atoms with E-state index in [-0.39, 0.29) is 0 Å². The lowest BCUT2D eigenvalue weighted by molar-refractivity contribution is 0.626. The number of rotatable bonds is 1. The van der Waals surface area contributed by atoms with Crippen LogP contribution >= 0.6 is 0 Å². The van der Waals surface area contributed by atoms with Crippen LogP contribution in [0.1, 0.15) is 5.56 Å². The van der Waals surface area contributed by atoms with Gasteiger partial charge in [0.1, 0.15) is 5.58 Å². The van der Waals surface area contributed by atoms with Crippen molar-refractivity contribution in [1.82, 2.24) is 15.0 Å². The predicted octanol–water partition coefficient (Wildman–Crippen LogP) is 3.68. The highest BCUT2D eigenvalue weighted by Gasteiger charge is 2.11. The molecule has 1 N–H and O–H groups in total. The van der Waals surface area contributed by atoms with Gasteiger partial charge in [0.05, 0.1) is 5.52 Å². The van der Waals surface area contributed by atoms with Crippen LogP contribution in [0.15, 0.2) is 47.0 Å². The van der Waals surface area contributed by atoms with Crippen molar-refractivity contribution in [3.63, 3.8) is 0 Å². The number of aromatic amines is 1. The molecule has 0 radical (unpaired) electrons. The highest BCUT2D eigenvalue weighted by atomic mass is 16.3. The first-order chi connectivity index (χ1) is 9.31. The second-order valence-electron chi connectivity index (χ2n) is 4.56. The number of hydrogen-bond acceptors (Lipinski definition) is 3. The van der Waals surface area contributed by atoms with Gasteiger partial charge in [0.15, 0.2) is 17.2 Å². The first kappa shape index (κ1) is 10.3. The van der Waals surface area contributed by atoms with E-state index < -0.39 is 0 Å². The van der Waals surface area contributed by atoms with Crippen LogP contribution in [0.5, 0.6) is 0 Å². The lowest BCUT2D eigenvalue weighted by Crippen LogP contribution is -1.78. The van der Waals surface area contributed by atoms with E-state index in [9.17, 15) is 0 Å². The van der Waals surface area contributed by atoms with Gasteiger partial charge in [0, 0.05) is 11.6 Å². The largest absolute Gasteiger partial charge is 0.453 e. The van der Waals surface area contributed by atoms with Gasteiger partial charge >= 0.3 is 0 Å². The lowest BCUT2D eigenvalue weighted by atomic mass is 10.2. The smallest absolute Gasteiger partial charge is 0.178 e. The number of nitrogens with zero attached hydrogens (tertiary/aromatic N) is 2. The van der Waals surface area contributed by atoms with Crippen LogP contribution in [0, 0.1) is 6.92 Å². The van der Waals surface area contributed by atoms with Crippen molar-refractivity contribution in [1.29, 1.82) is 0 Å². The van der Waals surface area contributed by atoms with Crippen LogP contribution in [0.25, 0.3) is 33.7 Å². The van der Waals surface area contributed by atoms with Gasteiger partial charge in [-0.05, 0) is 30.7 Å². The summed E-state index contributed by atoms with van der Waals surface area (Å²) >= 11 is 0. The molecule has 0 saturated heterocycles. The maximum Gasteiger partial charge on any atom is 0.178 e. The fraction of sp³-hybridized carbons (Fsp3) is 0.0667. The van der Waals surface area contributed by atoms with Gasteiger partial charge in [0.25, 0.3) is 0 Å². The Labute approximate surface area is 109 Å². The Morgan fingerprint density at radius 2 is 2.05 bits per heavy atom. The number of pyridine rings is 1. The lowest BCUT2D eigenvalue weighted by Gasteiger charge is -1.90. The number of imidazole rings is 1. The molecule has 0 aliphatic carbocycles. The maximum absolute atomic E-state index is 5.80. The first-order valence-electron chi connectivity index (χ1n) is 6.11. The Balaban J connectivity index is 1.96. The zero-order valence-electron chi connectivity index (χ0n) is 10.3. The van der Waals surface area contributed by atoms with E-state index >= 15 is 0 Å². The molecule has 0 saturated carbocycles. The summed E-state index contributed by atoms with van der Waals surface area (Å²) < 4.78 is 5.80. The SMILES string of the molecule is Cc1ccnc2nc(-c3cc4ccccc4o3)[nH]c12. The second kappa shape index (κ2) is 3.68. The summed E-state index contributed by atoms with van der Waals surface area (Å²) in [6, 6.07) is 11.9. The Bertz CT molecular complexity index is 856. The highest BCUT2D eigenvalue weighted by Crippen LogP contribution is 2.27. The van der Waals surface area contributed by atoms with Crippen LogP contribution < -0.4 is 0 Å². The highest BCUT2D eigenvalue weighted by molar-refractivity contribution is 5.84. The van der Waals surface area contributed by atoms with Crippen molar-refractivity contribution >= 4 is 22.1 Å². The number of para-hydroxylation sites is 1. The summed E-state index contributed by atoms with van der Waals surface area (Å²) in [5, 5.41) is 1.07. The molecule has 4 nitrogen and oxygen atoms in total. The number of fused-ring (bicyclic) bond motifs is 2. The molecule has 19 heavy (non-hydrogen) atoms. The summed E-state index contributed by atoms with van der Waals surface area (Å²) in [7, 11) is 0. The number of benzene rings is 1. The quantitative estimate of drug-likeness (QED) is 0.560. The van der Waals surface area contributed by atoms with E-state index in [1.807, 2.05) is 43.3 Å². The minimum atomic E-state index is 0.716. The minimum Gasteiger partial charge on any atom is -0.453 e. The van der Waals surface area contributed by atoms with Crippen LogP contribution in [0.4, 0.5) is 0 Å². The van der Waals surface area contributed by atoms with Gasteiger partial charge in [-0.2, -0.15) is 0 Å². The van der Waals surface area contributed by atoms with Gasteiger partial charge in [-0.3, -0.25) is 0 Å². The van der Waals surface area contributed by atoms with E-state index in [0.29, 0.717) is 5.82 Å². The monoisotopic (exact) mass is 249 g/mol. The summed E-state index contributed by atoms with van der Waals surface area (Å²) in [5.41, 5.74) is 3.66. The van der Waals surface area contributed by atoms with Crippen molar-refractivity contribution in [2.24, 2.45) is 0 Å². The zero-order chi connectivity index (χ0) is 12.8. The van der Waals surface area contributed by atoms with Crippen LogP contribution in [0.3, 0.4) is 0 Å².